The van der Waals surface area contributed by atoms with E-state index >= 15 is 0 Å². The number of piperazine rings is 1. The van der Waals surface area contributed by atoms with Gasteiger partial charge in [-0.25, -0.2) is 0 Å². The van der Waals surface area contributed by atoms with Crippen molar-refractivity contribution in [1.29, 1.82) is 0 Å². The van der Waals surface area contributed by atoms with E-state index in [9.17, 15) is 0 Å². The highest BCUT2D eigenvalue weighted by Crippen LogP contribution is 2.35. The van der Waals surface area contributed by atoms with Gasteiger partial charge in [-0.3, -0.25) is 4.98 Å². The fraction of sp³-hybridized carbons (Fsp3) is 0.400. The maximum absolute atomic E-state index is 6.40. The summed E-state index contributed by atoms with van der Waals surface area (Å²) in [6, 6.07) is 4.30. The van der Waals surface area contributed by atoms with Gasteiger partial charge in [0.05, 0.1) is 16.2 Å². The van der Waals surface area contributed by atoms with Crippen LogP contribution in [0.3, 0.4) is 0 Å². The second-order valence-corrected chi connectivity index (χ2v) is 5.50. The summed E-state index contributed by atoms with van der Waals surface area (Å²) in [6.45, 7) is 8.24. The Morgan fingerprint density at radius 3 is 2.68 bits per heavy atom. The first-order chi connectivity index (χ1) is 9.18. The van der Waals surface area contributed by atoms with Crippen LogP contribution in [0.15, 0.2) is 18.3 Å². The molecular formula is C15H18ClN3. The van der Waals surface area contributed by atoms with Gasteiger partial charge in [-0.2, -0.15) is 0 Å². The number of nitrogens with zero attached hydrogens (tertiary/aromatic N) is 2. The molecule has 0 amide bonds. The Hall–Kier alpha value is -1.32. The maximum atomic E-state index is 6.40. The van der Waals surface area contributed by atoms with E-state index in [1.807, 2.05) is 0 Å². The molecule has 1 saturated heterocycles. The van der Waals surface area contributed by atoms with Gasteiger partial charge in [-0.15, -0.1) is 0 Å². The molecule has 0 aliphatic carbocycles. The van der Waals surface area contributed by atoms with Gasteiger partial charge < -0.3 is 10.2 Å². The third-order valence-corrected chi connectivity index (χ3v) is 4.20. The molecule has 100 valence electrons. The van der Waals surface area contributed by atoms with Gasteiger partial charge >= 0.3 is 0 Å². The first-order valence-corrected chi connectivity index (χ1v) is 7.06. The average Bonchev–Trinajstić information content (AvgIpc) is 2.44. The van der Waals surface area contributed by atoms with E-state index in [0.29, 0.717) is 0 Å². The lowest BCUT2D eigenvalue weighted by Gasteiger charge is -2.31. The summed E-state index contributed by atoms with van der Waals surface area (Å²) >= 11 is 6.40. The summed E-state index contributed by atoms with van der Waals surface area (Å²) in [4.78, 5) is 6.88. The third kappa shape index (κ3) is 2.17. The number of pyridine rings is 1. The minimum absolute atomic E-state index is 0.748. The molecule has 1 aromatic heterocycles. The van der Waals surface area contributed by atoms with Gasteiger partial charge in [0.15, 0.2) is 0 Å². The molecule has 4 heteroatoms. The predicted molar refractivity (Wildman–Crippen MR) is 81.3 cm³/mol. The molecule has 1 aliphatic rings. The molecular weight excluding hydrogens is 258 g/mol. The van der Waals surface area contributed by atoms with Crippen molar-refractivity contribution in [1.82, 2.24) is 10.3 Å². The van der Waals surface area contributed by atoms with Gasteiger partial charge in [-0.05, 0) is 25.0 Å². The van der Waals surface area contributed by atoms with Gasteiger partial charge in [0.25, 0.3) is 0 Å². The number of benzene rings is 1. The summed E-state index contributed by atoms with van der Waals surface area (Å²) in [5.74, 6) is 0. The van der Waals surface area contributed by atoms with E-state index < -0.39 is 0 Å². The van der Waals surface area contributed by atoms with Crippen LogP contribution in [0.1, 0.15) is 11.1 Å². The van der Waals surface area contributed by atoms with Crippen molar-refractivity contribution >= 4 is 28.2 Å². The second kappa shape index (κ2) is 4.99. The molecule has 0 bridgehead atoms. The number of anilines is 1. The van der Waals surface area contributed by atoms with E-state index in [-0.39, 0.29) is 0 Å². The first kappa shape index (κ1) is 12.7. The SMILES string of the molecule is Cc1ccc2c(N3CCNCC3)c(Cl)cnc2c1C. The molecule has 0 unspecified atom stereocenters. The molecule has 0 radical (unpaired) electrons. The van der Waals surface area contributed by atoms with Crippen LogP contribution in [0.5, 0.6) is 0 Å². The second-order valence-electron chi connectivity index (χ2n) is 5.10. The number of halogens is 1. The molecule has 0 saturated carbocycles. The number of rotatable bonds is 1. The summed E-state index contributed by atoms with van der Waals surface area (Å²) in [7, 11) is 0. The van der Waals surface area contributed by atoms with Crippen molar-refractivity contribution in [3.05, 3.63) is 34.5 Å². The Bertz CT molecular complexity index is 618. The Labute approximate surface area is 118 Å². The molecule has 1 N–H and O–H groups in total. The molecule has 2 aromatic rings. The van der Waals surface area contributed by atoms with Crippen molar-refractivity contribution in [2.24, 2.45) is 0 Å². The molecule has 1 aliphatic heterocycles. The van der Waals surface area contributed by atoms with Crippen molar-refractivity contribution in [3.63, 3.8) is 0 Å². The first-order valence-electron chi connectivity index (χ1n) is 6.68. The van der Waals surface area contributed by atoms with Gasteiger partial charge in [0.1, 0.15) is 0 Å². The van der Waals surface area contributed by atoms with Crippen LogP contribution in [0.25, 0.3) is 10.9 Å². The lowest BCUT2D eigenvalue weighted by Crippen LogP contribution is -2.43. The molecule has 1 aromatic carbocycles. The Kier molecular flexibility index (Phi) is 3.33. The number of fused-ring (bicyclic) bond motifs is 1. The molecule has 3 rings (SSSR count). The fourth-order valence-corrected chi connectivity index (χ4v) is 2.95. The van der Waals surface area contributed by atoms with Gasteiger partial charge in [0, 0.05) is 37.8 Å². The van der Waals surface area contributed by atoms with Crippen LogP contribution in [0.4, 0.5) is 5.69 Å². The van der Waals surface area contributed by atoms with E-state index in [1.54, 1.807) is 6.20 Å². The van der Waals surface area contributed by atoms with Crippen LogP contribution in [-0.4, -0.2) is 31.2 Å². The smallest absolute Gasteiger partial charge is 0.0829 e. The van der Waals surface area contributed by atoms with Crippen molar-refractivity contribution in [2.45, 2.75) is 13.8 Å². The van der Waals surface area contributed by atoms with E-state index in [2.05, 4.69) is 41.2 Å². The molecule has 3 nitrogen and oxygen atoms in total. The van der Waals surface area contributed by atoms with E-state index in [4.69, 9.17) is 11.6 Å². The summed E-state index contributed by atoms with van der Waals surface area (Å²) < 4.78 is 0. The minimum atomic E-state index is 0.748. The number of nitrogens with one attached hydrogen (secondary N) is 1. The summed E-state index contributed by atoms with van der Waals surface area (Å²) in [5.41, 5.74) is 4.72. The number of aryl methyl sites for hydroxylation is 2. The highest BCUT2D eigenvalue weighted by molar-refractivity contribution is 6.34. The van der Waals surface area contributed by atoms with Crippen molar-refractivity contribution in [3.8, 4) is 0 Å². The Morgan fingerprint density at radius 2 is 1.95 bits per heavy atom. The predicted octanol–water partition coefficient (Wildman–Crippen LogP) is 2.91. The summed E-state index contributed by atoms with van der Waals surface area (Å²) in [6.07, 6.45) is 1.79. The topological polar surface area (TPSA) is 28.2 Å². The summed E-state index contributed by atoms with van der Waals surface area (Å²) in [5, 5.41) is 5.28. The number of aromatic nitrogens is 1. The lowest BCUT2D eigenvalue weighted by molar-refractivity contribution is 0.590. The quantitative estimate of drug-likeness (QED) is 0.867. The monoisotopic (exact) mass is 275 g/mol. The van der Waals surface area contributed by atoms with Crippen LogP contribution < -0.4 is 10.2 Å². The molecule has 0 spiro atoms. The van der Waals surface area contributed by atoms with E-state index in [1.165, 1.54) is 11.1 Å². The number of hydrogen-bond donors (Lipinski definition) is 1. The molecule has 1 fully saturated rings. The zero-order valence-electron chi connectivity index (χ0n) is 11.3. The normalized spacial score (nSPS) is 16.1. The van der Waals surface area contributed by atoms with Crippen molar-refractivity contribution < 1.29 is 0 Å². The Balaban J connectivity index is 2.21. The fourth-order valence-electron chi connectivity index (χ4n) is 2.68. The molecule has 2 heterocycles. The minimum Gasteiger partial charge on any atom is -0.367 e. The van der Waals surface area contributed by atoms with Crippen LogP contribution in [0.2, 0.25) is 5.02 Å². The largest absolute Gasteiger partial charge is 0.367 e. The third-order valence-electron chi connectivity index (χ3n) is 3.92. The van der Waals surface area contributed by atoms with Gasteiger partial charge in [0.2, 0.25) is 0 Å². The zero-order chi connectivity index (χ0) is 13.4. The van der Waals surface area contributed by atoms with Crippen molar-refractivity contribution in [2.75, 3.05) is 31.1 Å². The maximum Gasteiger partial charge on any atom is 0.0829 e. The molecule has 19 heavy (non-hydrogen) atoms. The lowest BCUT2D eigenvalue weighted by atomic mass is 10.0. The zero-order valence-corrected chi connectivity index (χ0v) is 12.1. The number of hydrogen-bond acceptors (Lipinski definition) is 3. The van der Waals surface area contributed by atoms with Crippen LogP contribution >= 0.6 is 11.6 Å². The Morgan fingerprint density at radius 1 is 1.21 bits per heavy atom. The average molecular weight is 276 g/mol. The molecule has 0 atom stereocenters. The highest BCUT2D eigenvalue weighted by atomic mass is 35.5. The van der Waals surface area contributed by atoms with Crippen LogP contribution in [0, 0.1) is 13.8 Å². The van der Waals surface area contributed by atoms with E-state index in [0.717, 1.165) is 47.8 Å². The highest BCUT2D eigenvalue weighted by Gasteiger charge is 2.18. The van der Waals surface area contributed by atoms with Crippen LogP contribution in [-0.2, 0) is 0 Å². The standard InChI is InChI=1S/C15H18ClN3/c1-10-3-4-12-14(11(10)2)18-9-13(16)15(12)19-7-5-17-6-8-19/h3-4,9,17H,5-8H2,1-2H3. The van der Waals surface area contributed by atoms with Gasteiger partial charge in [-0.1, -0.05) is 23.7 Å².